The van der Waals surface area contributed by atoms with Gasteiger partial charge >= 0.3 is 6.09 Å². The van der Waals surface area contributed by atoms with Crippen LogP contribution in [0.1, 0.15) is 52.7 Å². The summed E-state index contributed by atoms with van der Waals surface area (Å²) < 4.78 is 18.7. The van der Waals surface area contributed by atoms with Crippen LogP contribution >= 0.6 is 0 Å². The molecule has 2 atom stereocenters. The van der Waals surface area contributed by atoms with Gasteiger partial charge < -0.3 is 9.84 Å². The number of nitrogens with zero attached hydrogens (tertiary/aromatic N) is 2. The first-order chi connectivity index (χ1) is 10.0. The zero-order chi connectivity index (χ0) is 16.7. The van der Waals surface area contributed by atoms with Crippen LogP contribution in [-0.2, 0) is 4.74 Å². The van der Waals surface area contributed by atoms with Crippen LogP contribution in [0.3, 0.4) is 0 Å². The van der Waals surface area contributed by atoms with Crippen LogP contribution in [-0.4, -0.2) is 38.3 Å². The highest BCUT2D eigenvalue weighted by atomic mass is 19.1. The zero-order valence-corrected chi connectivity index (χ0v) is 13.6. The highest BCUT2D eigenvalue weighted by Gasteiger charge is 2.52. The molecule has 1 aromatic heterocycles. The molecule has 5 nitrogen and oxygen atoms in total. The molecule has 1 amide bonds. The summed E-state index contributed by atoms with van der Waals surface area (Å²) in [6, 6.07) is 0.782. The van der Waals surface area contributed by atoms with E-state index in [2.05, 4.69) is 4.98 Å². The van der Waals surface area contributed by atoms with Crippen molar-refractivity contribution in [3.63, 3.8) is 0 Å². The smallest absolute Gasteiger partial charge is 0.411 e. The van der Waals surface area contributed by atoms with E-state index < -0.39 is 35.2 Å². The Bertz CT molecular complexity index is 569. The highest BCUT2D eigenvalue weighted by molar-refractivity contribution is 5.71. The first-order valence-corrected chi connectivity index (χ1v) is 7.32. The summed E-state index contributed by atoms with van der Waals surface area (Å²) in [4.78, 5) is 17.6. The third kappa shape index (κ3) is 3.38. The Morgan fingerprint density at radius 3 is 2.64 bits per heavy atom. The Balaban J connectivity index is 2.19. The topological polar surface area (TPSA) is 62.7 Å². The van der Waals surface area contributed by atoms with Crippen LogP contribution in [0.2, 0.25) is 0 Å². The molecule has 0 unspecified atom stereocenters. The number of ether oxygens (including phenoxy) is 1. The molecule has 122 valence electrons. The standard InChI is InChI=1S/C16H23FN2O3/c1-15(2,3)22-14(21)19-12(7-16(19,4)5)13(20)10-6-11(17)9-18-8-10/h6,8-9,12-13,20H,7H2,1-5H3/t12-,13-/m1/s1. The normalized spacial score (nSPS) is 22.0. The lowest BCUT2D eigenvalue weighted by atomic mass is 9.78. The average molecular weight is 310 g/mol. The molecule has 0 bridgehead atoms. The van der Waals surface area contributed by atoms with E-state index in [1.165, 1.54) is 17.2 Å². The second kappa shape index (κ2) is 5.50. The third-order valence-corrected chi connectivity index (χ3v) is 3.71. The summed E-state index contributed by atoms with van der Waals surface area (Å²) in [5.74, 6) is -0.515. The second-order valence-corrected chi connectivity index (χ2v) is 7.32. The Morgan fingerprint density at radius 1 is 1.50 bits per heavy atom. The van der Waals surface area contributed by atoms with Crippen molar-refractivity contribution in [2.45, 2.75) is 64.3 Å². The molecule has 0 aliphatic carbocycles. The number of likely N-dealkylation sites (tertiary alicyclic amines) is 1. The summed E-state index contributed by atoms with van der Waals surface area (Å²) in [6.45, 7) is 9.19. The molecule has 1 fully saturated rings. The number of pyridine rings is 1. The SMILES string of the molecule is CC(C)(C)OC(=O)N1[C@@H]([C@H](O)c2cncc(F)c2)CC1(C)C. The molecular weight excluding hydrogens is 287 g/mol. The fourth-order valence-electron chi connectivity index (χ4n) is 2.80. The lowest BCUT2D eigenvalue weighted by molar-refractivity contribution is -0.105. The van der Waals surface area contributed by atoms with Crippen LogP contribution in [0.4, 0.5) is 9.18 Å². The average Bonchev–Trinajstić information content (AvgIpc) is 2.33. The molecule has 0 aromatic carbocycles. The van der Waals surface area contributed by atoms with Gasteiger partial charge in [-0.3, -0.25) is 9.88 Å². The van der Waals surface area contributed by atoms with Gasteiger partial charge in [0.15, 0.2) is 0 Å². The van der Waals surface area contributed by atoms with E-state index >= 15 is 0 Å². The van der Waals surface area contributed by atoms with Crippen molar-refractivity contribution >= 4 is 6.09 Å². The van der Waals surface area contributed by atoms with E-state index in [0.29, 0.717) is 12.0 Å². The number of hydrogen-bond donors (Lipinski definition) is 1. The number of carbonyl (C=O) groups excluding carboxylic acids is 1. The number of halogens is 1. The fourth-order valence-corrected chi connectivity index (χ4v) is 2.80. The molecule has 0 radical (unpaired) electrons. The maximum atomic E-state index is 13.3. The van der Waals surface area contributed by atoms with Crippen molar-refractivity contribution in [2.24, 2.45) is 0 Å². The van der Waals surface area contributed by atoms with Gasteiger partial charge in [0.2, 0.25) is 0 Å². The van der Waals surface area contributed by atoms with E-state index in [4.69, 9.17) is 4.74 Å². The number of aliphatic hydroxyl groups excluding tert-OH is 1. The number of rotatable bonds is 2. The van der Waals surface area contributed by atoms with Crippen LogP contribution < -0.4 is 0 Å². The van der Waals surface area contributed by atoms with Gasteiger partial charge in [-0.05, 0) is 47.1 Å². The number of hydrogen-bond acceptors (Lipinski definition) is 4. The van der Waals surface area contributed by atoms with E-state index in [-0.39, 0.29) is 0 Å². The van der Waals surface area contributed by atoms with Gasteiger partial charge in [0, 0.05) is 17.3 Å². The van der Waals surface area contributed by atoms with Gasteiger partial charge in [-0.1, -0.05) is 0 Å². The van der Waals surface area contributed by atoms with Gasteiger partial charge in [-0.25, -0.2) is 9.18 Å². The van der Waals surface area contributed by atoms with Gasteiger partial charge in [0.25, 0.3) is 0 Å². The van der Waals surface area contributed by atoms with E-state index in [0.717, 1.165) is 6.20 Å². The van der Waals surface area contributed by atoms with Gasteiger partial charge in [0.1, 0.15) is 17.5 Å². The van der Waals surface area contributed by atoms with E-state index in [9.17, 15) is 14.3 Å². The largest absolute Gasteiger partial charge is 0.444 e. The predicted octanol–water partition coefficient (Wildman–Crippen LogP) is 3.04. The second-order valence-electron chi connectivity index (χ2n) is 7.32. The first kappa shape index (κ1) is 16.7. The number of carbonyl (C=O) groups is 1. The monoisotopic (exact) mass is 310 g/mol. The highest BCUT2D eigenvalue weighted by Crippen LogP contribution is 2.43. The van der Waals surface area contributed by atoms with Crippen molar-refractivity contribution in [3.8, 4) is 0 Å². The molecule has 1 N–H and O–H groups in total. The van der Waals surface area contributed by atoms with Crippen LogP contribution in [0.15, 0.2) is 18.5 Å². The molecule has 1 aliphatic heterocycles. The molecule has 0 spiro atoms. The summed E-state index contributed by atoms with van der Waals surface area (Å²) in [5, 5.41) is 10.5. The Labute approximate surface area is 130 Å². The Kier molecular flexibility index (Phi) is 4.17. The van der Waals surface area contributed by atoms with Crippen molar-refractivity contribution in [1.82, 2.24) is 9.88 Å². The number of amides is 1. The molecule has 2 rings (SSSR count). The van der Waals surface area contributed by atoms with Crippen LogP contribution in [0, 0.1) is 5.82 Å². The van der Waals surface area contributed by atoms with E-state index in [1.807, 2.05) is 13.8 Å². The van der Waals surface area contributed by atoms with Crippen molar-refractivity contribution in [3.05, 3.63) is 29.8 Å². The fraction of sp³-hybridized carbons (Fsp3) is 0.625. The zero-order valence-electron chi connectivity index (χ0n) is 13.6. The molecule has 2 heterocycles. The summed E-state index contributed by atoms with van der Waals surface area (Å²) >= 11 is 0. The van der Waals surface area contributed by atoms with Crippen LogP contribution in [0.25, 0.3) is 0 Å². The Hall–Kier alpha value is -1.69. The minimum absolute atomic E-state index is 0.356. The lowest BCUT2D eigenvalue weighted by Crippen LogP contribution is -2.67. The molecule has 6 heteroatoms. The van der Waals surface area contributed by atoms with Crippen molar-refractivity contribution < 1.29 is 19.0 Å². The quantitative estimate of drug-likeness (QED) is 0.912. The number of aromatic nitrogens is 1. The maximum Gasteiger partial charge on any atom is 0.411 e. The molecule has 1 aliphatic rings. The van der Waals surface area contributed by atoms with Crippen LogP contribution in [0.5, 0.6) is 0 Å². The maximum absolute atomic E-state index is 13.3. The van der Waals surface area contributed by atoms with Crippen molar-refractivity contribution in [1.29, 1.82) is 0 Å². The minimum Gasteiger partial charge on any atom is -0.444 e. The molecule has 1 aromatic rings. The molecule has 0 saturated carbocycles. The molecular formula is C16H23FN2O3. The minimum atomic E-state index is -0.997. The summed E-state index contributed by atoms with van der Waals surface area (Å²) in [6.07, 6.45) is 1.61. The van der Waals surface area contributed by atoms with Crippen molar-refractivity contribution in [2.75, 3.05) is 0 Å². The van der Waals surface area contributed by atoms with Gasteiger partial charge in [-0.2, -0.15) is 0 Å². The predicted molar refractivity (Wildman–Crippen MR) is 79.7 cm³/mol. The van der Waals surface area contributed by atoms with Gasteiger partial charge in [0.05, 0.1) is 12.2 Å². The summed E-state index contributed by atoms with van der Waals surface area (Å²) in [5.41, 5.74) is -0.665. The number of aliphatic hydroxyl groups is 1. The lowest BCUT2D eigenvalue weighted by Gasteiger charge is -2.56. The first-order valence-electron chi connectivity index (χ1n) is 7.32. The van der Waals surface area contributed by atoms with Gasteiger partial charge in [-0.15, -0.1) is 0 Å². The Morgan fingerprint density at radius 2 is 2.14 bits per heavy atom. The molecule has 22 heavy (non-hydrogen) atoms. The third-order valence-electron chi connectivity index (χ3n) is 3.71. The van der Waals surface area contributed by atoms with E-state index in [1.54, 1.807) is 20.8 Å². The summed E-state index contributed by atoms with van der Waals surface area (Å²) in [7, 11) is 0. The molecule has 1 saturated heterocycles.